The summed E-state index contributed by atoms with van der Waals surface area (Å²) in [7, 11) is 0. The Balaban J connectivity index is 2.38. The summed E-state index contributed by atoms with van der Waals surface area (Å²) in [4.78, 5) is 22.5. The second-order valence-corrected chi connectivity index (χ2v) is 4.17. The molecular formula is C10H7O3S-. The van der Waals surface area contributed by atoms with Crippen molar-refractivity contribution in [2.24, 2.45) is 0 Å². The molecule has 0 unspecified atom stereocenters. The molecule has 1 aromatic rings. The van der Waals surface area contributed by atoms with Crippen LogP contribution >= 0.6 is 11.8 Å². The van der Waals surface area contributed by atoms with Gasteiger partial charge in [0.05, 0.1) is 0 Å². The first-order valence-corrected chi connectivity index (χ1v) is 5.18. The van der Waals surface area contributed by atoms with E-state index in [0.717, 1.165) is 22.6 Å². The summed E-state index contributed by atoms with van der Waals surface area (Å²) in [6.07, 6.45) is 0.897. The van der Waals surface area contributed by atoms with Gasteiger partial charge in [0.25, 0.3) is 0 Å². The average molecular weight is 207 g/mol. The number of Topliss-reactive ketones (excluding diaryl/α,β-unsaturated/α-hetero) is 1. The second-order valence-electron chi connectivity index (χ2n) is 3.04. The fourth-order valence-corrected chi connectivity index (χ4v) is 2.50. The Kier molecular flexibility index (Phi) is 2.29. The van der Waals surface area contributed by atoms with Crippen molar-refractivity contribution >= 4 is 23.5 Å². The maximum absolute atomic E-state index is 11.1. The molecule has 14 heavy (non-hydrogen) atoms. The minimum Gasteiger partial charge on any atom is -0.541 e. The molecule has 1 aliphatic rings. The summed E-state index contributed by atoms with van der Waals surface area (Å²) in [5.41, 5.74) is 1.27. The van der Waals surface area contributed by atoms with E-state index in [0.29, 0.717) is 0 Å². The SMILES string of the molecule is O=C([O-])C(=O)c1ccc2c(c1)CCS2. The third-order valence-corrected chi connectivity index (χ3v) is 3.25. The molecule has 0 saturated carbocycles. The molecule has 0 fully saturated rings. The number of aliphatic carboxylic acids is 1. The van der Waals surface area contributed by atoms with Crippen LogP contribution in [-0.4, -0.2) is 17.5 Å². The molecule has 0 amide bonds. The Hall–Kier alpha value is -1.29. The van der Waals surface area contributed by atoms with E-state index < -0.39 is 11.8 Å². The zero-order valence-electron chi connectivity index (χ0n) is 7.28. The van der Waals surface area contributed by atoms with Crippen molar-refractivity contribution in [3.05, 3.63) is 29.3 Å². The molecule has 0 bridgehead atoms. The molecular weight excluding hydrogens is 200 g/mol. The summed E-state index contributed by atoms with van der Waals surface area (Å²) < 4.78 is 0. The number of hydrogen-bond acceptors (Lipinski definition) is 4. The van der Waals surface area contributed by atoms with Gasteiger partial charge in [0, 0.05) is 16.2 Å². The largest absolute Gasteiger partial charge is 0.541 e. The van der Waals surface area contributed by atoms with Gasteiger partial charge in [0.15, 0.2) is 0 Å². The Morgan fingerprint density at radius 2 is 2.14 bits per heavy atom. The third kappa shape index (κ3) is 1.53. The van der Waals surface area contributed by atoms with Gasteiger partial charge in [-0.1, -0.05) is 0 Å². The van der Waals surface area contributed by atoms with E-state index in [-0.39, 0.29) is 5.56 Å². The summed E-state index contributed by atoms with van der Waals surface area (Å²) in [5, 5.41) is 10.3. The van der Waals surface area contributed by atoms with E-state index in [2.05, 4.69) is 0 Å². The van der Waals surface area contributed by atoms with Gasteiger partial charge in [-0.3, -0.25) is 4.79 Å². The zero-order valence-corrected chi connectivity index (χ0v) is 8.10. The first-order chi connectivity index (χ1) is 6.68. The lowest BCUT2D eigenvalue weighted by molar-refractivity contribution is -0.296. The predicted octanol–water partition coefficient (Wildman–Crippen LogP) is 0.267. The molecule has 0 saturated heterocycles. The third-order valence-electron chi connectivity index (χ3n) is 2.14. The first kappa shape index (κ1) is 9.27. The first-order valence-electron chi connectivity index (χ1n) is 4.20. The molecule has 1 aliphatic heterocycles. The van der Waals surface area contributed by atoms with Crippen LogP contribution in [0.15, 0.2) is 23.1 Å². The number of hydrogen-bond donors (Lipinski definition) is 0. The predicted molar refractivity (Wildman–Crippen MR) is 50.2 cm³/mol. The molecule has 0 N–H and O–H groups in total. The van der Waals surface area contributed by atoms with Crippen LogP contribution in [0.2, 0.25) is 0 Å². The lowest BCUT2D eigenvalue weighted by atomic mass is 10.1. The van der Waals surface area contributed by atoms with Crippen LogP contribution in [0, 0.1) is 0 Å². The number of carbonyl (C=O) groups excluding carboxylic acids is 2. The molecule has 72 valence electrons. The molecule has 4 heteroatoms. The van der Waals surface area contributed by atoms with E-state index in [4.69, 9.17) is 0 Å². The van der Waals surface area contributed by atoms with Gasteiger partial charge in [-0.2, -0.15) is 0 Å². The molecule has 0 spiro atoms. The number of benzene rings is 1. The second kappa shape index (κ2) is 3.46. The number of rotatable bonds is 2. The highest BCUT2D eigenvalue weighted by atomic mass is 32.2. The van der Waals surface area contributed by atoms with Gasteiger partial charge in [0.2, 0.25) is 5.78 Å². The van der Waals surface area contributed by atoms with Crippen LogP contribution in [-0.2, 0) is 11.2 Å². The average Bonchev–Trinajstić information content (AvgIpc) is 2.62. The zero-order chi connectivity index (χ0) is 10.1. The summed E-state index contributed by atoms with van der Waals surface area (Å²) >= 11 is 1.72. The molecule has 0 atom stereocenters. The molecule has 3 nitrogen and oxygen atoms in total. The Bertz CT molecular complexity index is 412. The van der Waals surface area contributed by atoms with Crippen molar-refractivity contribution in [1.29, 1.82) is 0 Å². The molecule has 1 aromatic carbocycles. The lowest BCUT2D eigenvalue weighted by Crippen LogP contribution is -2.31. The quantitative estimate of drug-likeness (QED) is 0.516. The smallest absolute Gasteiger partial charge is 0.208 e. The lowest BCUT2D eigenvalue weighted by Gasteiger charge is -2.03. The van der Waals surface area contributed by atoms with Crippen molar-refractivity contribution < 1.29 is 14.7 Å². The Labute approximate surface area is 85.1 Å². The van der Waals surface area contributed by atoms with Crippen LogP contribution in [0.4, 0.5) is 0 Å². The maximum atomic E-state index is 11.1. The van der Waals surface area contributed by atoms with Gasteiger partial charge < -0.3 is 9.90 Å². The molecule has 1 heterocycles. The normalized spacial score (nSPS) is 13.7. The number of carboxylic acid groups (broad SMARTS) is 1. The summed E-state index contributed by atoms with van der Waals surface area (Å²) in [6.45, 7) is 0. The van der Waals surface area contributed by atoms with Crippen molar-refractivity contribution in [2.75, 3.05) is 5.75 Å². The highest BCUT2D eigenvalue weighted by molar-refractivity contribution is 7.99. The summed E-state index contributed by atoms with van der Waals surface area (Å²) in [6, 6.07) is 4.98. The van der Waals surface area contributed by atoms with E-state index in [1.807, 2.05) is 0 Å². The van der Waals surface area contributed by atoms with Gasteiger partial charge in [0.1, 0.15) is 5.97 Å². The number of fused-ring (bicyclic) bond motifs is 1. The topological polar surface area (TPSA) is 57.2 Å². The fourth-order valence-electron chi connectivity index (χ4n) is 1.45. The molecule has 0 aromatic heterocycles. The van der Waals surface area contributed by atoms with Crippen LogP contribution in [0.3, 0.4) is 0 Å². The van der Waals surface area contributed by atoms with Crippen LogP contribution < -0.4 is 5.11 Å². The van der Waals surface area contributed by atoms with Crippen molar-refractivity contribution in [3.8, 4) is 0 Å². The number of thioether (sulfide) groups is 1. The minimum absolute atomic E-state index is 0.214. The van der Waals surface area contributed by atoms with Crippen molar-refractivity contribution in [2.45, 2.75) is 11.3 Å². The minimum atomic E-state index is -1.64. The standard InChI is InChI=1S/C10H8O3S/c11-9(10(12)13)7-1-2-8-6(5-7)3-4-14-8/h1-2,5H,3-4H2,(H,12,13)/p-1. The highest BCUT2D eigenvalue weighted by Gasteiger charge is 2.14. The van der Waals surface area contributed by atoms with Crippen LogP contribution in [0.25, 0.3) is 0 Å². The van der Waals surface area contributed by atoms with E-state index >= 15 is 0 Å². The molecule has 2 rings (SSSR count). The van der Waals surface area contributed by atoms with E-state index in [9.17, 15) is 14.7 Å². The van der Waals surface area contributed by atoms with Gasteiger partial charge in [-0.05, 0) is 30.2 Å². The van der Waals surface area contributed by atoms with Crippen LogP contribution in [0.1, 0.15) is 15.9 Å². The van der Waals surface area contributed by atoms with Crippen molar-refractivity contribution in [3.63, 3.8) is 0 Å². The van der Waals surface area contributed by atoms with Crippen LogP contribution in [0.5, 0.6) is 0 Å². The number of carboxylic acids is 1. The Morgan fingerprint density at radius 3 is 2.86 bits per heavy atom. The summed E-state index contributed by atoms with van der Waals surface area (Å²) in [5.74, 6) is -1.58. The molecule has 0 radical (unpaired) electrons. The monoisotopic (exact) mass is 207 g/mol. The number of ketones is 1. The van der Waals surface area contributed by atoms with Gasteiger partial charge >= 0.3 is 0 Å². The van der Waals surface area contributed by atoms with Gasteiger partial charge in [-0.15, -0.1) is 11.8 Å². The fraction of sp³-hybridized carbons (Fsp3) is 0.200. The van der Waals surface area contributed by atoms with Gasteiger partial charge in [-0.25, -0.2) is 0 Å². The van der Waals surface area contributed by atoms with Crippen molar-refractivity contribution in [1.82, 2.24) is 0 Å². The number of carbonyl (C=O) groups is 2. The number of aryl methyl sites for hydroxylation is 1. The molecule has 0 aliphatic carbocycles. The maximum Gasteiger partial charge on any atom is 0.208 e. The Morgan fingerprint density at radius 1 is 1.36 bits per heavy atom. The van der Waals surface area contributed by atoms with E-state index in [1.165, 1.54) is 6.07 Å². The highest BCUT2D eigenvalue weighted by Crippen LogP contribution is 2.31. The van der Waals surface area contributed by atoms with E-state index in [1.54, 1.807) is 23.9 Å².